The summed E-state index contributed by atoms with van der Waals surface area (Å²) >= 11 is 0. The zero-order chi connectivity index (χ0) is 27.2. The van der Waals surface area contributed by atoms with Crippen LogP contribution in [-0.2, 0) is 0 Å². The molecule has 2 aliphatic rings. The topological polar surface area (TPSA) is 15.3 Å². The molecule has 0 radical (unpaired) electrons. The van der Waals surface area contributed by atoms with E-state index < -0.39 is 0 Å². The van der Waals surface area contributed by atoms with Crippen molar-refractivity contribution in [2.24, 2.45) is 28.1 Å². The summed E-state index contributed by atoms with van der Waals surface area (Å²) in [5, 5.41) is 4.00. The lowest BCUT2D eigenvalue weighted by Crippen LogP contribution is -2.63. The molecular formula is C32H63N2P. The van der Waals surface area contributed by atoms with Crippen LogP contribution in [0.1, 0.15) is 135 Å². The second kappa shape index (κ2) is 10.6. The summed E-state index contributed by atoms with van der Waals surface area (Å²) in [6, 6.07) is 1.87. The fourth-order valence-corrected chi connectivity index (χ4v) is 10.3. The Labute approximate surface area is 223 Å². The van der Waals surface area contributed by atoms with E-state index >= 15 is 0 Å². The minimum Gasteiger partial charge on any atom is -0.383 e. The maximum atomic E-state index is 3.97. The average molecular weight is 507 g/mol. The van der Waals surface area contributed by atoms with Crippen LogP contribution in [0, 0.1) is 28.1 Å². The van der Waals surface area contributed by atoms with Crippen molar-refractivity contribution >= 4 is 9.24 Å². The van der Waals surface area contributed by atoms with Gasteiger partial charge in [-0.15, -0.1) is 9.24 Å². The summed E-state index contributed by atoms with van der Waals surface area (Å²) < 4.78 is 0. The van der Waals surface area contributed by atoms with Gasteiger partial charge in [-0.2, -0.15) is 0 Å². The van der Waals surface area contributed by atoms with Crippen LogP contribution in [0.4, 0.5) is 0 Å². The Bertz CT molecular complexity index is 739. The van der Waals surface area contributed by atoms with Gasteiger partial charge in [0.25, 0.3) is 0 Å². The molecule has 0 saturated carbocycles. The molecule has 0 spiro atoms. The quantitative estimate of drug-likeness (QED) is 0.374. The predicted molar refractivity (Wildman–Crippen MR) is 161 cm³/mol. The van der Waals surface area contributed by atoms with Crippen LogP contribution >= 0.6 is 9.24 Å². The molecule has 0 aromatic carbocycles. The average Bonchev–Trinajstić information content (AvgIpc) is 2.64. The molecule has 6 atom stereocenters. The van der Waals surface area contributed by atoms with E-state index in [1.165, 1.54) is 44.2 Å². The van der Waals surface area contributed by atoms with Gasteiger partial charge in [-0.05, 0) is 88.4 Å². The summed E-state index contributed by atoms with van der Waals surface area (Å²) in [6.07, 6.45) is 10.2. The van der Waals surface area contributed by atoms with Gasteiger partial charge >= 0.3 is 0 Å². The SMILES string of the molecule is CCCC(CCC)N1C(C)CC(C)(C)C2C(C(C)(C)CC1C)C(C)(C)C(C)(C)N/C(C)=C/C2(C)P. The number of allylic oxidation sites excluding steroid dienone is 2. The molecule has 206 valence electrons. The second-order valence-corrected chi connectivity index (χ2v) is 16.6. The number of rotatable bonds is 5. The lowest BCUT2D eigenvalue weighted by atomic mass is 9.46. The first-order valence-corrected chi connectivity index (χ1v) is 15.4. The lowest BCUT2D eigenvalue weighted by Gasteiger charge is -2.62. The van der Waals surface area contributed by atoms with E-state index in [1.54, 1.807) is 0 Å². The summed E-state index contributed by atoms with van der Waals surface area (Å²) in [6.45, 7) is 35.0. The van der Waals surface area contributed by atoms with Crippen molar-refractivity contribution in [1.82, 2.24) is 10.2 Å². The Kier molecular flexibility index (Phi) is 9.43. The molecule has 2 rings (SSSR count). The van der Waals surface area contributed by atoms with Crippen molar-refractivity contribution < 1.29 is 0 Å². The van der Waals surface area contributed by atoms with Crippen molar-refractivity contribution in [3.05, 3.63) is 11.8 Å². The van der Waals surface area contributed by atoms with Gasteiger partial charge in [0.2, 0.25) is 0 Å². The highest BCUT2D eigenvalue weighted by atomic mass is 31.0. The summed E-state index contributed by atoms with van der Waals surface area (Å²) in [5.41, 5.74) is 1.83. The first-order valence-electron chi connectivity index (χ1n) is 14.8. The standard InChI is InChI=1S/C32H63N2P/c1-15-17-25(18-16-2)34-23(4)20-28(6,7)26-27(29(8,9)21-24(34)5)32(14,35)19-22(3)33-31(12,13)30(26,10)11/h19,23-27,33H,15-18,20-21,35H2,1-14H3/b22-19+. The molecule has 35 heavy (non-hydrogen) atoms. The number of hydrogen-bond acceptors (Lipinski definition) is 2. The Morgan fingerprint density at radius 3 is 1.71 bits per heavy atom. The van der Waals surface area contributed by atoms with Crippen LogP contribution in [0.25, 0.3) is 0 Å². The van der Waals surface area contributed by atoms with Crippen LogP contribution in [0.2, 0.25) is 0 Å². The second-order valence-electron chi connectivity index (χ2n) is 15.4. The Morgan fingerprint density at radius 2 is 1.29 bits per heavy atom. The minimum atomic E-state index is 0.000564. The maximum absolute atomic E-state index is 3.97. The van der Waals surface area contributed by atoms with Gasteiger partial charge < -0.3 is 5.32 Å². The van der Waals surface area contributed by atoms with Crippen molar-refractivity contribution in [3.8, 4) is 0 Å². The molecule has 6 unspecified atom stereocenters. The molecular weight excluding hydrogens is 443 g/mol. The van der Waals surface area contributed by atoms with E-state index in [-0.39, 0.29) is 26.9 Å². The molecule has 0 aliphatic carbocycles. The number of nitrogens with one attached hydrogen (secondary N) is 1. The third kappa shape index (κ3) is 6.16. The normalized spacial score (nSPS) is 38.6. The van der Waals surface area contributed by atoms with Crippen LogP contribution < -0.4 is 5.32 Å². The van der Waals surface area contributed by atoms with E-state index in [0.29, 0.717) is 30.0 Å². The first-order chi connectivity index (χ1) is 15.7. The van der Waals surface area contributed by atoms with E-state index in [2.05, 4.69) is 122 Å². The fraction of sp³-hybridized carbons (Fsp3) is 0.938. The van der Waals surface area contributed by atoms with Crippen LogP contribution in [0.3, 0.4) is 0 Å². The fourth-order valence-electron chi connectivity index (χ4n) is 9.38. The molecule has 1 fully saturated rings. The lowest BCUT2D eigenvalue weighted by molar-refractivity contribution is -0.0841. The van der Waals surface area contributed by atoms with Crippen molar-refractivity contribution in [3.63, 3.8) is 0 Å². The highest BCUT2D eigenvalue weighted by molar-refractivity contribution is 7.19. The van der Waals surface area contributed by atoms with Crippen LogP contribution in [0.15, 0.2) is 11.8 Å². The molecule has 2 aliphatic heterocycles. The molecule has 3 heteroatoms. The van der Waals surface area contributed by atoms with Crippen molar-refractivity contribution in [2.75, 3.05) is 0 Å². The summed E-state index contributed by atoms with van der Waals surface area (Å²) in [7, 11) is 3.34. The number of nitrogens with zero attached hydrogens (tertiary/aromatic N) is 1. The monoisotopic (exact) mass is 506 g/mol. The Morgan fingerprint density at radius 1 is 0.857 bits per heavy atom. The molecule has 1 N–H and O–H groups in total. The van der Waals surface area contributed by atoms with Gasteiger partial charge in [0.15, 0.2) is 0 Å². The largest absolute Gasteiger partial charge is 0.383 e. The van der Waals surface area contributed by atoms with Crippen molar-refractivity contribution in [2.45, 2.75) is 164 Å². The molecule has 0 aromatic heterocycles. The minimum absolute atomic E-state index is 0.000564. The highest BCUT2D eigenvalue weighted by Gasteiger charge is 2.60. The van der Waals surface area contributed by atoms with E-state index in [9.17, 15) is 0 Å². The number of fused-ring (bicyclic) bond motifs is 1. The maximum Gasteiger partial charge on any atom is 0.0368 e. The van der Waals surface area contributed by atoms with Crippen molar-refractivity contribution in [1.29, 1.82) is 0 Å². The van der Waals surface area contributed by atoms with Gasteiger partial charge in [0.1, 0.15) is 0 Å². The van der Waals surface area contributed by atoms with Crippen LogP contribution in [-0.4, -0.2) is 33.7 Å². The first kappa shape index (κ1) is 31.1. The van der Waals surface area contributed by atoms with Gasteiger partial charge in [0, 0.05) is 34.5 Å². The molecule has 1 saturated heterocycles. The summed E-state index contributed by atoms with van der Waals surface area (Å²) in [5.74, 6) is 1.11. The Balaban J connectivity index is 2.82. The van der Waals surface area contributed by atoms with Gasteiger partial charge in [-0.3, -0.25) is 4.90 Å². The number of hydrogen-bond donors (Lipinski definition) is 1. The van der Waals surface area contributed by atoms with E-state index in [0.717, 1.165) is 0 Å². The third-order valence-electron chi connectivity index (χ3n) is 10.4. The predicted octanol–water partition coefficient (Wildman–Crippen LogP) is 9.06. The zero-order valence-electron chi connectivity index (χ0n) is 26.2. The summed E-state index contributed by atoms with van der Waals surface area (Å²) in [4.78, 5) is 2.98. The highest BCUT2D eigenvalue weighted by Crippen LogP contribution is 2.63. The molecule has 0 aromatic rings. The molecule has 0 bridgehead atoms. The van der Waals surface area contributed by atoms with E-state index in [1.807, 2.05) is 0 Å². The van der Waals surface area contributed by atoms with Gasteiger partial charge in [-0.1, -0.05) is 81.2 Å². The van der Waals surface area contributed by atoms with Gasteiger partial charge in [-0.25, -0.2) is 0 Å². The zero-order valence-corrected chi connectivity index (χ0v) is 27.4. The smallest absolute Gasteiger partial charge is 0.0368 e. The molecule has 2 nitrogen and oxygen atoms in total. The third-order valence-corrected chi connectivity index (χ3v) is 11.0. The van der Waals surface area contributed by atoms with E-state index in [4.69, 9.17) is 0 Å². The Hall–Kier alpha value is -0.0700. The van der Waals surface area contributed by atoms with Gasteiger partial charge in [0.05, 0.1) is 0 Å². The molecule has 2 heterocycles. The molecule has 0 amide bonds. The van der Waals surface area contributed by atoms with Crippen LogP contribution in [0.5, 0.6) is 0 Å².